The van der Waals surface area contributed by atoms with Gasteiger partial charge in [-0.3, -0.25) is 9.59 Å². The molecule has 0 saturated carbocycles. The van der Waals surface area contributed by atoms with Gasteiger partial charge in [0.05, 0.1) is 13.2 Å². The number of esters is 2. The van der Waals surface area contributed by atoms with Crippen molar-refractivity contribution in [1.82, 2.24) is 0 Å². The van der Waals surface area contributed by atoms with Gasteiger partial charge < -0.3 is 9.47 Å². The van der Waals surface area contributed by atoms with E-state index in [9.17, 15) is 9.59 Å². The molecule has 4 heteroatoms. The van der Waals surface area contributed by atoms with E-state index in [1.807, 2.05) is 0 Å². The Morgan fingerprint density at radius 3 is 0.892 bits per heavy atom. The lowest BCUT2D eigenvalue weighted by Gasteiger charge is -2.05. The lowest BCUT2D eigenvalue weighted by molar-refractivity contribution is -0.144. The maximum atomic E-state index is 11.7. The van der Waals surface area contributed by atoms with Gasteiger partial charge in [0, 0.05) is 12.8 Å². The molecule has 0 fully saturated rings. The van der Waals surface area contributed by atoms with Crippen molar-refractivity contribution in [3.05, 3.63) is 0 Å². The second-order valence-corrected chi connectivity index (χ2v) is 11.1. The SMILES string of the molecule is CCCCCCCOC(=O)CCCCCCCCCCCCCCCCCC(=O)OCCCCCCC. The Morgan fingerprint density at radius 1 is 0.351 bits per heavy atom. The van der Waals surface area contributed by atoms with Crippen LogP contribution >= 0.6 is 0 Å². The second kappa shape index (κ2) is 31.2. The highest BCUT2D eigenvalue weighted by atomic mass is 16.5. The summed E-state index contributed by atoms with van der Waals surface area (Å²) in [5.41, 5.74) is 0. The highest BCUT2D eigenvalue weighted by Gasteiger charge is 2.03. The van der Waals surface area contributed by atoms with Crippen molar-refractivity contribution >= 4 is 11.9 Å². The fourth-order valence-electron chi connectivity index (χ4n) is 4.76. The molecule has 0 rings (SSSR count). The van der Waals surface area contributed by atoms with Crippen LogP contribution in [0.4, 0.5) is 0 Å². The summed E-state index contributed by atoms with van der Waals surface area (Å²) in [5.74, 6) is -0.00186. The Labute approximate surface area is 231 Å². The minimum absolute atomic E-state index is 0.000930. The molecular weight excluding hydrogens is 460 g/mol. The molecule has 0 saturated heterocycles. The van der Waals surface area contributed by atoms with Gasteiger partial charge in [-0.1, -0.05) is 149 Å². The molecule has 0 aromatic rings. The fourth-order valence-corrected chi connectivity index (χ4v) is 4.76. The van der Waals surface area contributed by atoms with Gasteiger partial charge in [-0.05, 0) is 25.7 Å². The molecule has 0 unspecified atom stereocenters. The van der Waals surface area contributed by atoms with Crippen LogP contribution in [0.15, 0.2) is 0 Å². The van der Waals surface area contributed by atoms with Crippen LogP contribution in [0.2, 0.25) is 0 Å². The maximum Gasteiger partial charge on any atom is 0.305 e. The lowest BCUT2D eigenvalue weighted by Crippen LogP contribution is -2.05. The van der Waals surface area contributed by atoms with Crippen LogP contribution in [-0.4, -0.2) is 25.2 Å². The summed E-state index contributed by atoms with van der Waals surface area (Å²) < 4.78 is 10.6. The number of carbonyl (C=O) groups excluding carboxylic acids is 2. The Kier molecular flexibility index (Phi) is 30.3. The van der Waals surface area contributed by atoms with Crippen LogP contribution in [0.1, 0.15) is 187 Å². The molecule has 0 amide bonds. The summed E-state index contributed by atoms with van der Waals surface area (Å²) in [6, 6.07) is 0. The van der Waals surface area contributed by atoms with E-state index < -0.39 is 0 Å². The summed E-state index contributed by atoms with van der Waals surface area (Å²) >= 11 is 0. The molecule has 220 valence electrons. The molecule has 0 aromatic carbocycles. The van der Waals surface area contributed by atoms with Crippen molar-refractivity contribution < 1.29 is 19.1 Å². The first-order valence-corrected chi connectivity index (χ1v) is 16.5. The lowest BCUT2D eigenvalue weighted by atomic mass is 10.0. The molecule has 4 nitrogen and oxygen atoms in total. The quantitative estimate of drug-likeness (QED) is 0.0692. The molecule has 0 spiro atoms. The van der Waals surface area contributed by atoms with E-state index in [0.717, 1.165) is 38.5 Å². The molecule has 0 aromatic heterocycles. The summed E-state index contributed by atoms with van der Waals surface area (Å²) in [6.45, 7) is 5.65. The molecule has 0 radical (unpaired) electrons. The molecule has 0 aliphatic rings. The van der Waals surface area contributed by atoms with Crippen LogP contribution in [0.3, 0.4) is 0 Å². The first kappa shape index (κ1) is 35.9. The summed E-state index contributed by atoms with van der Waals surface area (Å²) in [7, 11) is 0. The van der Waals surface area contributed by atoms with Gasteiger partial charge in [-0.2, -0.15) is 0 Å². The van der Waals surface area contributed by atoms with Gasteiger partial charge in [0.15, 0.2) is 0 Å². The van der Waals surface area contributed by atoms with Crippen molar-refractivity contribution in [3.8, 4) is 0 Å². The highest BCUT2D eigenvalue weighted by Crippen LogP contribution is 2.14. The number of rotatable bonds is 30. The van der Waals surface area contributed by atoms with Gasteiger partial charge in [0.1, 0.15) is 0 Å². The average molecular weight is 525 g/mol. The summed E-state index contributed by atoms with van der Waals surface area (Å²) in [4.78, 5) is 23.5. The van der Waals surface area contributed by atoms with Gasteiger partial charge >= 0.3 is 11.9 Å². The van der Waals surface area contributed by atoms with Crippen LogP contribution in [0.5, 0.6) is 0 Å². The third-order valence-corrected chi connectivity index (χ3v) is 7.28. The molecule has 0 atom stereocenters. The van der Waals surface area contributed by atoms with Crippen LogP contribution < -0.4 is 0 Å². The molecule has 0 aliphatic heterocycles. The number of hydrogen-bond acceptors (Lipinski definition) is 4. The van der Waals surface area contributed by atoms with Crippen LogP contribution in [-0.2, 0) is 19.1 Å². The predicted octanol–water partition coefficient (Wildman–Crippen LogP) is 10.6. The van der Waals surface area contributed by atoms with Gasteiger partial charge in [-0.25, -0.2) is 0 Å². The highest BCUT2D eigenvalue weighted by molar-refractivity contribution is 5.69. The van der Waals surface area contributed by atoms with Crippen molar-refractivity contribution in [2.45, 2.75) is 187 Å². The molecule has 0 aliphatic carbocycles. The van der Waals surface area contributed by atoms with Crippen molar-refractivity contribution in [3.63, 3.8) is 0 Å². The number of ether oxygens (including phenoxy) is 2. The van der Waals surface area contributed by atoms with Crippen molar-refractivity contribution in [2.24, 2.45) is 0 Å². The van der Waals surface area contributed by atoms with E-state index in [2.05, 4.69) is 13.8 Å². The number of hydrogen-bond donors (Lipinski definition) is 0. The molecule has 0 bridgehead atoms. The number of carbonyl (C=O) groups is 2. The molecule has 0 heterocycles. The Balaban J connectivity index is 3.18. The standard InChI is InChI=1S/C33H64O4/c1-3-5-7-22-26-30-36-32(34)28-24-20-18-16-14-12-10-9-11-13-15-17-19-21-25-29-33(35)37-31-27-23-8-6-4-2/h3-31H2,1-2H3. The normalized spacial score (nSPS) is 11.1. The predicted molar refractivity (Wildman–Crippen MR) is 158 cm³/mol. The van der Waals surface area contributed by atoms with Crippen LogP contribution in [0.25, 0.3) is 0 Å². The van der Waals surface area contributed by atoms with Gasteiger partial charge in [0.25, 0.3) is 0 Å². The van der Waals surface area contributed by atoms with Crippen molar-refractivity contribution in [2.75, 3.05) is 13.2 Å². The van der Waals surface area contributed by atoms with Gasteiger partial charge in [0.2, 0.25) is 0 Å². The topological polar surface area (TPSA) is 52.6 Å². The first-order valence-electron chi connectivity index (χ1n) is 16.5. The molecule has 37 heavy (non-hydrogen) atoms. The third kappa shape index (κ3) is 31.1. The smallest absolute Gasteiger partial charge is 0.305 e. The Bertz CT molecular complexity index is 435. The third-order valence-electron chi connectivity index (χ3n) is 7.28. The summed E-state index contributed by atoms with van der Waals surface area (Å²) in [6.07, 6.45) is 32.1. The molecular formula is C33H64O4. The van der Waals surface area contributed by atoms with Crippen molar-refractivity contribution in [1.29, 1.82) is 0 Å². The summed E-state index contributed by atoms with van der Waals surface area (Å²) in [5, 5.41) is 0. The zero-order valence-corrected chi connectivity index (χ0v) is 25.1. The molecule has 0 N–H and O–H groups in total. The van der Waals surface area contributed by atoms with Gasteiger partial charge in [-0.15, -0.1) is 0 Å². The van der Waals surface area contributed by atoms with E-state index in [4.69, 9.17) is 9.47 Å². The minimum Gasteiger partial charge on any atom is -0.466 e. The van der Waals surface area contributed by atoms with E-state index in [-0.39, 0.29) is 11.9 Å². The van der Waals surface area contributed by atoms with Crippen LogP contribution in [0, 0.1) is 0 Å². The Hall–Kier alpha value is -1.06. The number of unbranched alkanes of at least 4 members (excludes halogenated alkanes) is 22. The largest absolute Gasteiger partial charge is 0.466 e. The van der Waals surface area contributed by atoms with E-state index >= 15 is 0 Å². The average Bonchev–Trinajstić information content (AvgIpc) is 2.90. The zero-order chi connectivity index (χ0) is 27.1. The maximum absolute atomic E-state index is 11.7. The van der Waals surface area contributed by atoms with E-state index in [0.29, 0.717) is 26.1 Å². The minimum atomic E-state index is -0.000930. The zero-order valence-electron chi connectivity index (χ0n) is 25.1. The second-order valence-electron chi connectivity index (χ2n) is 11.1. The fraction of sp³-hybridized carbons (Fsp3) is 0.939. The van der Waals surface area contributed by atoms with E-state index in [1.165, 1.54) is 122 Å². The van der Waals surface area contributed by atoms with E-state index in [1.54, 1.807) is 0 Å². The first-order chi connectivity index (χ1) is 18.2. The Morgan fingerprint density at radius 2 is 0.595 bits per heavy atom. The monoisotopic (exact) mass is 524 g/mol.